The zero-order chi connectivity index (χ0) is 15.0. The van der Waals surface area contributed by atoms with Crippen molar-refractivity contribution in [2.75, 3.05) is 6.54 Å². The van der Waals surface area contributed by atoms with E-state index in [2.05, 4.69) is 21.2 Å². The summed E-state index contributed by atoms with van der Waals surface area (Å²) in [7, 11) is 0. The van der Waals surface area contributed by atoms with Crippen LogP contribution in [0.4, 0.5) is 0 Å². The van der Waals surface area contributed by atoms with Crippen molar-refractivity contribution < 1.29 is 15.0 Å². The van der Waals surface area contributed by atoms with Crippen molar-refractivity contribution in [3.63, 3.8) is 0 Å². The molecule has 5 heteroatoms. The van der Waals surface area contributed by atoms with E-state index in [1.165, 1.54) is 24.0 Å². The van der Waals surface area contributed by atoms with E-state index in [1.54, 1.807) is 0 Å². The Balaban J connectivity index is 2.01. The normalized spacial score (nSPS) is 25.4. The fraction of sp³-hybridized carbons (Fsp3) is 0.562. The summed E-state index contributed by atoms with van der Waals surface area (Å²) in [5.41, 5.74) is 3.45. The second-order valence-corrected chi connectivity index (χ2v) is 6.91. The van der Waals surface area contributed by atoms with Gasteiger partial charge in [0.1, 0.15) is 5.75 Å². The highest BCUT2D eigenvalue weighted by Gasteiger charge is 2.34. The minimum atomic E-state index is -0.759. The molecule has 0 bridgehead atoms. The number of aliphatic carboxylic acids is 1. The number of fused-ring (bicyclic) bond motifs is 1. The Morgan fingerprint density at radius 2 is 2.05 bits per heavy atom. The topological polar surface area (TPSA) is 69.6 Å². The Kier molecular flexibility index (Phi) is 4.22. The van der Waals surface area contributed by atoms with E-state index in [9.17, 15) is 15.0 Å². The molecule has 0 aromatic heterocycles. The number of phenols is 1. The molecule has 0 saturated carbocycles. The van der Waals surface area contributed by atoms with Crippen LogP contribution >= 0.6 is 15.9 Å². The van der Waals surface area contributed by atoms with Crippen molar-refractivity contribution in [1.82, 2.24) is 5.32 Å². The number of carboxylic acids is 1. The van der Waals surface area contributed by atoms with Crippen LogP contribution in [-0.4, -0.2) is 22.7 Å². The Morgan fingerprint density at radius 3 is 2.76 bits per heavy atom. The number of rotatable bonds is 2. The SMILES string of the molecule is O=C(O)C1CNC(c2c(O)c(Br)cc3c2CCCCC3)C1. The number of hydrogen-bond donors (Lipinski definition) is 3. The van der Waals surface area contributed by atoms with Crippen LogP contribution in [0.1, 0.15) is 48.4 Å². The standard InChI is InChI=1S/C16H20BrNO3/c17-12-6-9-4-2-1-3-5-11(9)14(15(12)19)13-7-10(8-18-13)16(20)21/h6,10,13,18-19H,1-5,7-8H2,(H,20,21). The zero-order valence-electron chi connectivity index (χ0n) is 11.9. The average molecular weight is 354 g/mol. The quantitative estimate of drug-likeness (QED) is 0.714. The van der Waals surface area contributed by atoms with Crippen molar-refractivity contribution in [2.45, 2.75) is 44.6 Å². The lowest BCUT2D eigenvalue weighted by molar-refractivity contribution is -0.141. The van der Waals surface area contributed by atoms with Crippen LogP contribution in [0.5, 0.6) is 5.75 Å². The number of phenolic OH excluding ortho intramolecular Hbond substituents is 1. The fourth-order valence-electron chi connectivity index (χ4n) is 3.58. The number of benzene rings is 1. The summed E-state index contributed by atoms with van der Waals surface area (Å²) in [6.07, 6.45) is 6.08. The van der Waals surface area contributed by atoms with Gasteiger partial charge in [0.25, 0.3) is 0 Å². The van der Waals surface area contributed by atoms with Crippen molar-refractivity contribution in [2.24, 2.45) is 5.92 Å². The molecular weight excluding hydrogens is 334 g/mol. The predicted molar refractivity (Wildman–Crippen MR) is 83.6 cm³/mol. The van der Waals surface area contributed by atoms with E-state index in [0.717, 1.165) is 29.3 Å². The van der Waals surface area contributed by atoms with Gasteiger partial charge in [-0.25, -0.2) is 0 Å². The van der Waals surface area contributed by atoms with Gasteiger partial charge in [0.15, 0.2) is 0 Å². The van der Waals surface area contributed by atoms with Gasteiger partial charge in [-0.15, -0.1) is 0 Å². The summed E-state index contributed by atoms with van der Waals surface area (Å²) in [6, 6.07) is 1.97. The number of aryl methyl sites for hydroxylation is 1. The summed E-state index contributed by atoms with van der Waals surface area (Å²) in [4.78, 5) is 11.2. The Labute approximate surface area is 132 Å². The van der Waals surface area contributed by atoms with Gasteiger partial charge in [-0.2, -0.15) is 0 Å². The first-order valence-corrected chi connectivity index (χ1v) is 8.36. The van der Waals surface area contributed by atoms with Gasteiger partial charge in [-0.05, 0) is 65.2 Å². The summed E-state index contributed by atoms with van der Waals surface area (Å²) in [5, 5.41) is 23.0. The van der Waals surface area contributed by atoms with E-state index in [4.69, 9.17) is 0 Å². The lowest BCUT2D eigenvalue weighted by Gasteiger charge is -2.21. The molecule has 1 fully saturated rings. The van der Waals surface area contributed by atoms with E-state index < -0.39 is 5.97 Å². The molecular formula is C16H20BrNO3. The molecule has 4 nitrogen and oxygen atoms in total. The average Bonchev–Trinajstić information content (AvgIpc) is 2.82. The maximum atomic E-state index is 11.2. The lowest BCUT2D eigenvalue weighted by Crippen LogP contribution is -2.18. The smallest absolute Gasteiger partial charge is 0.307 e. The molecule has 1 aliphatic carbocycles. The molecule has 2 atom stereocenters. The molecule has 2 unspecified atom stereocenters. The Hall–Kier alpha value is -1.07. The van der Waals surface area contributed by atoms with Gasteiger partial charge in [-0.3, -0.25) is 4.79 Å². The van der Waals surface area contributed by atoms with Gasteiger partial charge in [0.2, 0.25) is 0 Å². The maximum Gasteiger partial charge on any atom is 0.307 e. The Bertz CT molecular complexity index is 573. The number of carbonyl (C=O) groups is 1. The highest BCUT2D eigenvalue weighted by molar-refractivity contribution is 9.10. The number of hydrogen-bond acceptors (Lipinski definition) is 3. The van der Waals surface area contributed by atoms with Crippen LogP contribution in [0.3, 0.4) is 0 Å². The molecule has 1 heterocycles. The van der Waals surface area contributed by atoms with Crippen molar-refractivity contribution in [3.05, 3.63) is 27.2 Å². The highest BCUT2D eigenvalue weighted by atomic mass is 79.9. The first kappa shape index (κ1) is 14.9. The van der Waals surface area contributed by atoms with Gasteiger partial charge < -0.3 is 15.5 Å². The number of nitrogens with one attached hydrogen (secondary N) is 1. The largest absolute Gasteiger partial charge is 0.506 e. The third-order valence-electron chi connectivity index (χ3n) is 4.70. The minimum Gasteiger partial charge on any atom is -0.506 e. The lowest BCUT2D eigenvalue weighted by atomic mass is 9.90. The molecule has 21 heavy (non-hydrogen) atoms. The van der Waals surface area contributed by atoms with Crippen molar-refractivity contribution in [1.29, 1.82) is 0 Å². The summed E-state index contributed by atoms with van der Waals surface area (Å²) >= 11 is 3.45. The summed E-state index contributed by atoms with van der Waals surface area (Å²) < 4.78 is 0.721. The van der Waals surface area contributed by atoms with Gasteiger partial charge >= 0.3 is 5.97 Å². The van der Waals surface area contributed by atoms with Crippen LogP contribution in [-0.2, 0) is 17.6 Å². The molecule has 0 spiro atoms. The maximum absolute atomic E-state index is 11.2. The van der Waals surface area contributed by atoms with E-state index in [-0.39, 0.29) is 17.7 Å². The molecule has 1 aromatic carbocycles. The monoisotopic (exact) mass is 353 g/mol. The van der Waals surface area contributed by atoms with Crippen LogP contribution in [0.25, 0.3) is 0 Å². The molecule has 114 valence electrons. The summed E-state index contributed by atoms with van der Waals surface area (Å²) in [5.74, 6) is -0.848. The van der Waals surface area contributed by atoms with Gasteiger partial charge in [-0.1, -0.05) is 6.42 Å². The van der Waals surface area contributed by atoms with Crippen LogP contribution < -0.4 is 5.32 Å². The third kappa shape index (κ3) is 2.81. The van der Waals surface area contributed by atoms with Crippen molar-refractivity contribution >= 4 is 21.9 Å². The molecule has 1 saturated heterocycles. The highest BCUT2D eigenvalue weighted by Crippen LogP contribution is 2.42. The predicted octanol–water partition coefficient (Wildman–Crippen LogP) is 3.16. The molecule has 1 aromatic rings. The molecule has 3 rings (SSSR count). The number of halogens is 1. The Morgan fingerprint density at radius 1 is 1.29 bits per heavy atom. The number of carboxylic acid groups (broad SMARTS) is 1. The second-order valence-electron chi connectivity index (χ2n) is 6.05. The summed E-state index contributed by atoms with van der Waals surface area (Å²) in [6.45, 7) is 0.473. The second kappa shape index (κ2) is 5.97. The molecule has 1 aliphatic heterocycles. The third-order valence-corrected chi connectivity index (χ3v) is 5.30. The van der Waals surface area contributed by atoms with Crippen LogP contribution in [0, 0.1) is 5.92 Å². The van der Waals surface area contributed by atoms with Crippen LogP contribution in [0.15, 0.2) is 10.5 Å². The zero-order valence-corrected chi connectivity index (χ0v) is 13.4. The van der Waals surface area contributed by atoms with Gasteiger partial charge in [0, 0.05) is 18.2 Å². The molecule has 3 N–H and O–H groups in total. The molecule has 0 radical (unpaired) electrons. The van der Waals surface area contributed by atoms with Gasteiger partial charge in [0.05, 0.1) is 10.4 Å². The fourth-order valence-corrected chi connectivity index (χ4v) is 4.07. The molecule has 2 aliphatic rings. The first-order valence-electron chi connectivity index (χ1n) is 7.57. The van der Waals surface area contributed by atoms with E-state index in [0.29, 0.717) is 13.0 Å². The first-order chi connectivity index (χ1) is 10.1. The molecule has 0 amide bonds. The van der Waals surface area contributed by atoms with E-state index >= 15 is 0 Å². The van der Waals surface area contributed by atoms with Crippen LogP contribution in [0.2, 0.25) is 0 Å². The number of aromatic hydroxyl groups is 1. The van der Waals surface area contributed by atoms with E-state index in [1.807, 2.05) is 6.07 Å². The van der Waals surface area contributed by atoms with Crippen molar-refractivity contribution in [3.8, 4) is 5.75 Å². The minimum absolute atomic E-state index is 0.0598.